The Balaban J connectivity index is 1.79. The van der Waals surface area contributed by atoms with Gasteiger partial charge in [-0.25, -0.2) is 4.98 Å². The van der Waals surface area contributed by atoms with Crippen LogP contribution in [0.3, 0.4) is 0 Å². The van der Waals surface area contributed by atoms with Gasteiger partial charge in [0.25, 0.3) is 5.91 Å². The molecule has 0 N–H and O–H groups in total. The first kappa shape index (κ1) is 25.8. The summed E-state index contributed by atoms with van der Waals surface area (Å²) in [7, 11) is 7.77. The minimum atomic E-state index is -0.262. The Morgan fingerprint density at radius 1 is 0.811 bits per heavy atom. The van der Waals surface area contributed by atoms with E-state index in [-0.39, 0.29) is 5.91 Å². The van der Waals surface area contributed by atoms with E-state index in [1.807, 2.05) is 53.9 Å². The standard InChI is InChI=1S/C28H28N2O6S/c1-32-20-11-12-23(33-2)21(15-20)22-17-37-28(29-22)30(16-18-9-7-6-8-10-18)27(31)19-13-24(34-3)26(36-5)25(14-19)35-4/h6-15,17H,16H2,1-5H3. The van der Waals surface area contributed by atoms with Crippen molar-refractivity contribution < 1.29 is 28.5 Å². The number of ether oxygens (including phenoxy) is 5. The van der Waals surface area contributed by atoms with Crippen LogP contribution in [0.2, 0.25) is 0 Å². The summed E-state index contributed by atoms with van der Waals surface area (Å²) in [6, 6.07) is 18.5. The van der Waals surface area contributed by atoms with Crippen molar-refractivity contribution in [2.45, 2.75) is 6.54 Å². The molecule has 0 atom stereocenters. The zero-order valence-corrected chi connectivity index (χ0v) is 22.1. The fourth-order valence-corrected chi connectivity index (χ4v) is 4.70. The second-order valence-electron chi connectivity index (χ2n) is 7.87. The molecular weight excluding hydrogens is 492 g/mol. The zero-order chi connectivity index (χ0) is 26.4. The van der Waals surface area contributed by atoms with Gasteiger partial charge in [0, 0.05) is 16.5 Å². The molecular formula is C28H28N2O6S. The van der Waals surface area contributed by atoms with Crippen molar-refractivity contribution in [3.8, 4) is 40.0 Å². The lowest BCUT2D eigenvalue weighted by atomic mass is 10.1. The first-order valence-electron chi connectivity index (χ1n) is 11.4. The van der Waals surface area contributed by atoms with E-state index in [2.05, 4.69) is 0 Å². The summed E-state index contributed by atoms with van der Waals surface area (Å²) < 4.78 is 27.3. The number of hydrogen-bond acceptors (Lipinski definition) is 8. The van der Waals surface area contributed by atoms with Crippen molar-refractivity contribution in [3.63, 3.8) is 0 Å². The van der Waals surface area contributed by atoms with Gasteiger partial charge in [0.05, 0.1) is 47.8 Å². The van der Waals surface area contributed by atoms with Gasteiger partial charge >= 0.3 is 0 Å². The number of carbonyl (C=O) groups excluding carboxylic acids is 1. The van der Waals surface area contributed by atoms with Gasteiger partial charge < -0.3 is 23.7 Å². The number of methoxy groups -OCH3 is 5. The lowest BCUT2D eigenvalue weighted by Crippen LogP contribution is -2.30. The Bertz CT molecular complexity index is 1350. The van der Waals surface area contributed by atoms with E-state index in [4.69, 9.17) is 28.7 Å². The SMILES string of the molecule is COc1ccc(OC)c(-c2csc(N(Cc3ccccc3)C(=O)c3cc(OC)c(OC)c(OC)c3)n2)c1. The Morgan fingerprint density at radius 2 is 1.49 bits per heavy atom. The summed E-state index contributed by atoms with van der Waals surface area (Å²) >= 11 is 1.37. The molecule has 0 saturated carbocycles. The summed E-state index contributed by atoms with van der Waals surface area (Å²) in [5.41, 5.74) is 2.77. The largest absolute Gasteiger partial charge is 0.497 e. The van der Waals surface area contributed by atoms with Crippen LogP contribution in [0, 0.1) is 0 Å². The van der Waals surface area contributed by atoms with E-state index < -0.39 is 0 Å². The van der Waals surface area contributed by atoms with Crippen LogP contribution < -0.4 is 28.6 Å². The third-order valence-corrected chi connectivity index (χ3v) is 6.61. The maximum Gasteiger partial charge on any atom is 0.260 e. The minimum absolute atomic E-state index is 0.262. The molecule has 4 rings (SSSR count). The molecule has 0 unspecified atom stereocenters. The number of amides is 1. The summed E-state index contributed by atoms with van der Waals surface area (Å²) in [4.78, 5) is 20.4. The summed E-state index contributed by atoms with van der Waals surface area (Å²) in [5.74, 6) is 2.28. The molecule has 8 nitrogen and oxygen atoms in total. The summed E-state index contributed by atoms with van der Waals surface area (Å²) in [6.45, 7) is 0.318. The number of aromatic nitrogens is 1. The van der Waals surface area contributed by atoms with Gasteiger partial charge in [-0.3, -0.25) is 9.69 Å². The molecule has 3 aromatic carbocycles. The monoisotopic (exact) mass is 520 g/mol. The van der Waals surface area contributed by atoms with Gasteiger partial charge in [0.2, 0.25) is 5.75 Å². The molecule has 0 bridgehead atoms. The molecule has 0 radical (unpaired) electrons. The van der Waals surface area contributed by atoms with Crippen molar-refractivity contribution in [3.05, 3.63) is 77.2 Å². The average Bonchev–Trinajstić information content (AvgIpc) is 3.44. The summed E-state index contributed by atoms with van der Waals surface area (Å²) in [5, 5.41) is 2.43. The highest BCUT2D eigenvalue weighted by Gasteiger charge is 2.25. The van der Waals surface area contributed by atoms with E-state index in [9.17, 15) is 4.79 Å². The number of thiazole rings is 1. The van der Waals surface area contributed by atoms with E-state index in [0.717, 1.165) is 11.1 Å². The molecule has 4 aromatic rings. The van der Waals surface area contributed by atoms with E-state index >= 15 is 0 Å². The highest BCUT2D eigenvalue weighted by Crippen LogP contribution is 2.40. The van der Waals surface area contributed by atoms with Gasteiger partial charge in [-0.05, 0) is 35.9 Å². The molecule has 0 fully saturated rings. The molecule has 9 heteroatoms. The Labute approximate surface area is 220 Å². The topological polar surface area (TPSA) is 79.4 Å². The minimum Gasteiger partial charge on any atom is -0.497 e. The Morgan fingerprint density at radius 3 is 2.08 bits per heavy atom. The van der Waals surface area contributed by atoms with Crippen LogP contribution in [0.4, 0.5) is 5.13 Å². The third-order valence-electron chi connectivity index (χ3n) is 5.75. The van der Waals surface area contributed by atoms with Crippen molar-refractivity contribution in [2.24, 2.45) is 0 Å². The highest BCUT2D eigenvalue weighted by atomic mass is 32.1. The van der Waals surface area contributed by atoms with Crippen LogP contribution in [-0.4, -0.2) is 46.4 Å². The van der Waals surface area contributed by atoms with E-state index in [1.54, 1.807) is 31.3 Å². The predicted molar refractivity (Wildman–Crippen MR) is 144 cm³/mol. The van der Waals surface area contributed by atoms with Crippen molar-refractivity contribution in [1.29, 1.82) is 0 Å². The maximum atomic E-state index is 14.0. The second kappa shape index (κ2) is 11.7. The normalized spacial score (nSPS) is 10.5. The fraction of sp³-hybridized carbons (Fsp3) is 0.214. The summed E-state index contributed by atoms with van der Waals surface area (Å²) in [6.07, 6.45) is 0. The second-order valence-corrected chi connectivity index (χ2v) is 8.71. The van der Waals surface area contributed by atoms with Gasteiger partial charge in [-0.1, -0.05) is 30.3 Å². The average molecular weight is 521 g/mol. The van der Waals surface area contributed by atoms with Crippen molar-refractivity contribution >= 4 is 22.4 Å². The van der Waals surface area contributed by atoms with Crippen LogP contribution in [0.25, 0.3) is 11.3 Å². The number of anilines is 1. The molecule has 1 heterocycles. The quantitative estimate of drug-likeness (QED) is 0.265. The first-order valence-corrected chi connectivity index (χ1v) is 12.2. The molecule has 192 valence electrons. The van der Waals surface area contributed by atoms with Gasteiger partial charge in [0.1, 0.15) is 11.5 Å². The Hall–Kier alpha value is -4.24. The van der Waals surface area contributed by atoms with Crippen LogP contribution in [0.1, 0.15) is 15.9 Å². The molecule has 0 aliphatic carbocycles. The number of carbonyl (C=O) groups is 1. The molecule has 1 aromatic heterocycles. The molecule has 0 spiro atoms. The molecule has 0 aliphatic rings. The lowest BCUT2D eigenvalue weighted by molar-refractivity contribution is 0.0984. The van der Waals surface area contributed by atoms with Crippen LogP contribution >= 0.6 is 11.3 Å². The third kappa shape index (κ3) is 5.46. The number of rotatable bonds is 10. The zero-order valence-electron chi connectivity index (χ0n) is 21.3. The van der Waals surface area contributed by atoms with Crippen LogP contribution in [0.15, 0.2) is 66.0 Å². The Kier molecular flexibility index (Phi) is 8.15. The van der Waals surface area contributed by atoms with Crippen molar-refractivity contribution in [1.82, 2.24) is 4.98 Å². The van der Waals surface area contributed by atoms with Gasteiger partial charge in [-0.2, -0.15) is 0 Å². The number of nitrogens with zero attached hydrogens (tertiary/aromatic N) is 2. The molecule has 1 amide bonds. The highest BCUT2D eigenvalue weighted by molar-refractivity contribution is 7.14. The first-order chi connectivity index (χ1) is 18.0. The predicted octanol–water partition coefficient (Wildman–Crippen LogP) is 5.70. The van der Waals surface area contributed by atoms with Gasteiger partial charge in [0.15, 0.2) is 16.6 Å². The number of hydrogen-bond donors (Lipinski definition) is 0. The van der Waals surface area contributed by atoms with Crippen LogP contribution in [0.5, 0.6) is 28.7 Å². The van der Waals surface area contributed by atoms with E-state index in [0.29, 0.717) is 51.7 Å². The molecule has 0 aliphatic heterocycles. The molecule has 0 saturated heterocycles. The fourth-order valence-electron chi connectivity index (χ4n) is 3.88. The van der Waals surface area contributed by atoms with Gasteiger partial charge in [-0.15, -0.1) is 11.3 Å². The number of benzene rings is 3. The molecule has 37 heavy (non-hydrogen) atoms. The maximum absolute atomic E-state index is 14.0. The lowest BCUT2D eigenvalue weighted by Gasteiger charge is -2.21. The smallest absolute Gasteiger partial charge is 0.260 e. The van der Waals surface area contributed by atoms with E-state index in [1.165, 1.54) is 32.7 Å². The van der Waals surface area contributed by atoms with Crippen molar-refractivity contribution in [2.75, 3.05) is 40.4 Å². The van der Waals surface area contributed by atoms with Crippen LogP contribution in [-0.2, 0) is 6.54 Å².